The van der Waals surface area contributed by atoms with Gasteiger partial charge in [0.2, 0.25) is 0 Å². The Morgan fingerprint density at radius 2 is 2.19 bits per heavy atom. The minimum atomic E-state index is 0.0550. The minimum absolute atomic E-state index is 0.0550. The van der Waals surface area contributed by atoms with Crippen molar-refractivity contribution in [3.8, 4) is 5.75 Å². The molecule has 1 aromatic carbocycles. The van der Waals surface area contributed by atoms with Gasteiger partial charge in [-0.3, -0.25) is 5.41 Å². The highest BCUT2D eigenvalue weighted by Crippen LogP contribution is 2.20. The van der Waals surface area contributed by atoms with Gasteiger partial charge in [0, 0.05) is 17.7 Å². The zero-order chi connectivity index (χ0) is 12.0. The lowest BCUT2D eigenvalue weighted by Gasteiger charge is -2.10. The van der Waals surface area contributed by atoms with Crippen molar-refractivity contribution in [3.05, 3.63) is 29.3 Å². The summed E-state index contributed by atoms with van der Waals surface area (Å²) >= 11 is 0. The third kappa shape index (κ3) is 3.24. The molecule has 88 valence electrons. The molecule has 0 unspecified atom stereocenters. The van der Waals surface area contributed by atoms with Gasteiger partial charge in [0.25, 0.3) is 0 Å². The Bertz CT molecular complexity index is 364. The van der Waals surface area contributed by atoms with E-state index in [1.54, 1.807) is 19.2 Å². The SMILES string of the molecule is CCCOCc1cc(C(=N)N)ccc1OC. The van der Waals surface area contributed by atoms with Crippen LogP contribution in [0, 0.1) is 5.41 Å². The largest absolute Gasteiger partial charge is 0.496 e. The number of amidine groups is 1. The van der Waals surface area contributed by atoms with Crippen LogP contribution in [0.25, 0.3) is 0 Å². The van der Waals surface area contributed by atoms with Gasteiger partial charge in [0.05, 0.1) is 13.7 Å². The molecular formula is C12H18N2O2. The van der Waals surface area contributed by atoms with Gasteiger partial charge in [0.1, 0.15) is 11.6 Å². The number of methoxy groups -OCH3 is 1. The standard InChI is InChI=1S/C12H18N2O2/c1-3-6-16-8-10-7-9(12(13)14)4-5-11(10)15-2/h4-5,7H,3,6,8H2,1-2H3,(H3,13,14). The molecule has 0 aromatic heterocycles. The first-order valence-corrected chi connectivity index (χ1v) is 5.28. The fraction of sp³-hybridized carbons (Fsp3) is 0.417. The number of rotatable bonds is 6. The number of nitrogen functional groups attached to an aromatic ring is 1. The van der Waals surface area contributed by atoms with Crippen molar-refractivity contribution in [1.29, 1.82) is 5.41 Å². The lowest BCUT2D eigenvalue weighted by molar-refractivity contribution is 0.119. The van der Waals surface area contributed by atoms with Crippen LogP contribution in [-0.4, -0.2) is 19.6 Å². The molecule has 0 saturated heterocycles. The maximum absolute atomic E-state index is 7.37. The lowest BCUT2D eigenvalue weighted by atomic mass is 10.1. The summed E-state index contributed by atoms with van der Waals surface area (Å²) in [4.78, 5) is 0. The molecule has 0 spiro atoms. The second kappa shape index (κ2) is 6.12. The fourth-order valence-corrected chi connectivity index (χ4v) is 1.39. The summed E-state index contributed by atoms with van der Waals surface area (Å²) in [6.45, 7) is 3.26. The van der Waals surface area contributed by atoms with Crippen molar-refractivity contribution in [1.82, 2.24) is 0 Å². The van der Waals surface area contributed by atoms with Crippen molar-refractivity contribution in [2.24, 2.45) is 5.73 Å². The third-order valence-corrected chi connectivity index (χ3v) is 2.20. The van der Waals surface area contributed by atoms with Crippen molar-refractivity contribution in [2.75, 3.05) is 13.7 Å². The molecule has 3 N–H and O–H groups in total. The molecule has 0 amide bonds. The van der Waals surface area contributed by atoms with E-state index >= 15 is 0 Å². The highest BCUT2D eigenvalue weighted by atomic mass is 16.5. The van der Waals surface area contributed by atoms with Crippen molar-refractivity contribution >= 4 is 5.84 Å². The van der Waals surface area contributed by atoms with E-state index in [1.165, 1.54) is 0 Å². The molecule has 16 heavy (non-hydrogen) atoms. The van der Waals surface area contributed by atoms with Crippen LogP contribution in [-0.2, 0) is 11.3 Å². The first-order chi connectivity index (χ1) is 7.69. The molecule has 1 aromatic rings. The Balaban J connectivity index is 2.84. The molecule has 0 aliphatic heterocycles. The van der Waals surface area contributed by atoms with Gasteiger partial charge in [-0.05, 0) is 24.6 Å². The molecule has 0 heterocycles. The summed E-state index contributed by atoms with van der Waals surface area (Å²) in [6.07, 6.45) is 0.981. The van der Waals surface area contributed by atoms with Crippen LogP contribution in [0.3, 0.4) is 0 Å². The van der Waals surface area contributed by atoms with Gasteiger partial charge in [-0.1, -0.05) is 6.92 Å². The second-order valence-electron chi connectivity index (χ2n) is 3.49. The van der Waals surface area contributed by atoms with Crippen LogP contribution < -0.4 is 10.5 Å². The van der Waals surface area contributed by atoms with Gasteiger partial charge in [-0.15, -0.1) is 0 Å². The normalized spacial score (nSPS) is 10.1. The number of ether oxygens (including phenoxy) is 2. The van der Waals surface area contributed by atoms with E-state index < -0.39 is 0 Å². The molecule has 0 fully saturated rings. The third-order valence-electron chi connectivity index (χ3n) is 2.20. The summed E-state index contributed by atoms with van der Waals surface area (Å²) in [5.41, 5.74) is 7.04. The molecule has 0 atom stereocenters. The topological polar surface area (TPSA) is 68.3 Å². The summed E-state index contributed by atoms with van der Waals surface area (Å²) in [7, 11) is 1.62. The number of hydrogen-bond acceptors (Lipinski definition) is 3. The summed E-state index contributed by atoms with van der Waals surface area (Å²) in [5.74, 6) is 0.820. The number of benzene rings is 1. The van der Waals surface area contributed by atoms with Crippen LogP contribution >= 0.6 is 0 Å². The lowest BCUT2D eigenvalue weighted by Crippen LogP contribution is -2.11. The van der Waals surface area contributed by atoms with Crippen LogP contribution in [0.2, 0.25) is 0 Å². The van der Waals surface area contributed by atoms with Crippen LogP contribution in [0.4, 0.5) is 0 Å². The van der Waals surface area contributed by atoms with Gasteiger partial charge in [-0.2, -0.15) is 0 Å². The Morgan fingerprint density at radius 1 is 1.44 bits per heavy atom. The first-order valence-electron chi connectivity index (χ1n) is 5.28. The van der Waals surface area contributed by atoms with Crippen molar-refractivity contribution in [2.45, 2.75) is 20.0 Å². The maximum Gasteiger partial charge on any atom is 0.124 e. The Morgan fingerprint density at radius 3 is 2.75 bits per heavy atom. The Kier molecular flexibility index (Phi) is 4.79. The number of nitrogens with one attached hydrogen (secondary N) is 1. The van der Waals surface area contributed by atoms with Gasteiger partial charge >= 0.3 is 0 Å². The molecule has 0 saturated carbocycles. The fourth-order valence-electron chi connectivity index (χ4n) is 1.39. The van der Waals surface area contributed by atoms with Gasteiger partial charge in [0.15, 0.2) is 0 Å². The Hall–Kier alpha value is -1.55. The van der Waals surface area contributed by atoms with E-state index in [1.807, 2.05) is 6.07 Å². The molecular weight excluding hydrogens is 204 g/mol. The van der Waals surface area contributed by atoms with Gasteiger partial charge in [-0.25, -0.2) is 0 Å². The predicted molar refractivity (Wildman–Crippen MR) is 64.0 cm³/mol. The quantitative estimate of drug-likeness (QED) is 0.439. The average molecular weight is 222 g/mol. The predicted octanol–water partition coefficient (Wildman–Crippen LogP) is 1.91. The average Bonchev–Trinajstić information content (AvgIpc) is 2.29. The monoisotopic (exact) mass is 222 g/mol. The van der Waals surface area contributed by atoms with E-state index in [4.69, 9.17) is 20.6 Å². The number of nitrogens with two attached hydrogens (primary N) is 1. The van der Waals surface area contributed by atoms with E-state index in [0.29, 0.717) is 18.8 Å². The van der Waals surface area contributed by atoms with E-state index in [0.717, 1.165) is 17.7 Å². The molecule has 0 aliphatic carbocycles. The van der Waals surface area contributed by atoms with Crippen LogP contribution in [0.1, 0.15) is 24.5 Å². The molecule has 0 aliphatic rings. The van der Waals surface area contributed by atoms with E-state index in [2.05, 4.69) is 6.92 Å². The first kappa shape index (κ1) is 12.5. The summed E-state index contributed by atoms with van der Waals surface area (Å²) < 4.78 is 10.7. The molecule has 0 bridgehead atoms. The minimum Gasteiger partial charge on any atom is -0.496 e. The molecule has 4 heteroatoms. The van der Waals surface area contributed by atoms with Gasteiger partial charge < -0.3 is 15.2 Å². The molecule has 0 radical (unpaired) electrons. The molecule has 1 rings (SSSR count). The number of hydrogen-bond donors (Lipinski definition) is 2. The summed E-state index contributed by atoms with van der Waals surface area (Å²) in [5, 5.41) is 7.37. The maximum atomic E-state index is 7.37. The van der Waals surface area contributed by atoms with E-state index in [9.17, 15) is 0 Å². The van der Waals surface area contributed by atoms with Crippen molar-refractivity contribution < 1.29 is 9.47 Å². The molecule has 4 nitrogen and oxygen atoms in total. The summed E-state index contributed by atoms with van der Waals surface area (Å²) in [6, 6.07) is 5.41. The van der Waals surface area contributed by atoms with Crippen molar-refractivity contribution in [3.63, 3.8) is 0 Å². The van der Waals surface area contributed by atoms with Crippen LogP contribution in [0.5, 0.6) is 5.75 Å². The highest BCUT2D eigenvalue weighted by molar-refractivity contribution is 5.95. The van der Waals surface area contributed by atoms with Crippen LogP contribution in [0.15, 0.2) is 18.2 Å². The zero-order valence-corrected chi connectivity index (χ0v) is 9.75. The smallest absolute Gasteiger partial charge is 0.124 e. The second-order valence-corrected chi connectivity index (χ2v) is 3.49. The van der Waals surface area contributed by atoms with E-state index in [-0.39, 0.29) is 5.84 Å². The zero-order valence-electron chi connectivity index (χ0n) is 9.75. The Labute approximate surface area is 95.9 Å². The highest BCUT2D eigenvalue weighted by Gasteiger charge is 2.06.